The Hall–Kier alpha value is -0.670. The van der Waals surface area contributed by atoms with Crippen LogP contribution in [0.5, 0.6) is 0 Å². The maximum absolute atomic E-state index is 6.12. The first-order valence-electron chi connectivity index (χ1n) is 11.8. The molecule has 0 heterocycles. The van der Waals surface area contributed by atoms with Crippen molar-refractivity contribution < 1.29 is 0 Å². The minimum absolute atomic E-state index is 0.199. The Morgan fingerprint density at radius 3 is 1.50 bits per heavy atom. The van der Waals surface area contributed by atoms with Gasteiger partial charge in [-0.25, -0.2) is 0 Å². The quantitative estimate of drug-likeness (QED) is 0.315. The van der Waals surface area contributed by atoms with Gasteiger partial charge < -0.3 is 11.1 Å². The Kier molecular flexibility index (Phi) is 8.21. The van der Waals surface area contributed by atoms with E-state index in [1.165, 1.54) is 11.8 Å². The molecule has 0 aliphatic heterocycles. The Bertz CT molecular complexity index is 871. The Labute approximate surface area is 201 Å². The Balaban J connectivity index is 2.91. The fourth-order valence-corrected chi connectivity index (χ4v) is 36.3. The molecule has 2 atom stereocenters. The molecule has 2 nitrogen and oxygen atoms in total. The molecule has 0 aliphatic carbocycles. The fraction of sp³-hybridized carbons (Fsp3) is 0.556. The average molecular weight is 493 g/mol. The largest absolute Gasteiger partial charge is 0.399 e. The lowest BCUT2D eigenvalue weighted by Gasteiger charge is -2.49. The first kappa shape index (κ1) is 27.6. The molecule has 0 saturated heterocycles. The summed E-state index contributed by atoms with van der Waals surface area (Å²) < 4.78 is 0. The molecule has 0 bridgehead atoms. The number of benzene rings is 2. The molecule has 0 spiro atoms. The van der Waals surface area contributed by atoms with Gasteiger partial charge in [-0.05, 0) is 118 Å². The van der Waals surface area contributed by atoms with Gasteiger partial charge in [0.2, 0.25) is 7.96 Å². The van der Waals surface area contributed by atoms with Crippen LogP contribution in [0.1, 0.15) is 69.2 Å². The van der Waals surface area contributed by atoms with Crippen LogP contribution in [0.25, 0.3) is 0 Å². The van der Waals surface area contributed by atoms with Gasteiger partial charge in [0.15, 0.2) is 0 Å². The van der Waals surface area contributed by atoms with E-state index in [4.69, 9.17) is 5.73 Å². The molecule has 0 amide bonds. The van der Waals surface area contributed by atoms with Crippen molar-refractivity contribution in [3.8, 4) is 0 Å². The smallest absolute Gasteiger partial charge is 0.208 e. The monoisotopic (exact) mass is 492 g/mol. The van der Waals surface area contributed by atoms with Gasteiger partial charge in [-0.2, -0.15) is 0 Å². The summed E-state index contributed by atoms with van der Waals surface area (Å²) in [6.07, 6.45) is 1.22. The van der Waals surface area contributed by atoms with E-state index < -0.39 is 13.9 Å². The van der Waals surface area contributed by atoms with Crippen LogP contribution in [0.4, 0.5) is 11.4 Å². The van der Waals surface area contributed by atoms with E-state index in [0.29, 0.717) is 0 Å². The maximum Gasteiger partial charge on any atom is 0.208 e. The summed E-state index contributed by atoms with van der Waals surface area (Å²) in [7, 11) is 2.92. The molecule has 0 aliphatic rings. The highest BCUT2D eigenvalue weighted by Crippen LogP contribution is 3.01. The zero-order valence-electron chi connectivity index (χ0n) is 22.3. The van der Waals surface area contributed by atoms with E-state index in [2.05, 4.69) is 123 Å². The van der Waals surface area contributed by atoms with Crippen molar-refractivity contribution in [2.45, 2.75) is 84.7 Å². The highest BCUT2D eigenvalue weighted by Gasteiger charge is 2.69. The summed E-state index contributed by atoms with van der Waals surface area (Å²) >= 11 is 0. The molecule has 2 aromatic carbocycles. The zero-order valence-corrected chi connectivity index (χ0v) is 25.1. The summed E-state index contributed by atoms with van der Waals surface area (Å²) in [5.41, 5.74) is 8.16. The summed E-state index contributed by atoms with van der Waals surface area (Å²) in [6.45, 7) is 21.7. The lowest BCUT2D eigenvalue weighted by Crippen LogP contribution is -2.39. The van der Waals surface area contributed by atoms with E-state index >= 15 is 0 Å². The van der Waals surface area contributed by atoms with Crippen molar-refractivity contribution in [2.75, 3.05) is 24.3 Å². The van der Waals surface area contributed by atoms with Crippen LogP contribution in [-0.4, -0.2) is 28.7 Å². The molecule has 0 aromatic heterocycles. The van der Waals surface area contributed by atoms with Crippen molar-refractivity contribution in [3.05, 3.63) is 48.5 Å². The SMILES string of the molecule is CC[P+](P[P+](c1ccc(NC)cc1)(C(C)(C)C)C(C)(C)C)(c1ccc(N)cc1)C(C)(C)C. The number of nitrogens with two attached hydrogens (primary N) is 1. The molecular weight excluding hydrogens is 445 g/mol. The topological polar surface area (TPSA) is 38.0 Å². The lowest BCUT2D eigenvalue weighted by molar-refractivity contribution is 0.709. The van der Waals surface area contributed by atoms with Crippen LogP contribution in [0.2, 0.25) is 0 Å². The first-order valence-corrected chi connectivity index (χ1v) is 18.2. The van der Waals surface area contributed by atoms with Gasteiger partial charge in [-0.3, -0.25) is 0 Å². The second-order valence-electron chi connectivity index (χ2n) is 11.8. The summed E-state index contributed by atoms with van der Waals surface area (Å²) in [6, 6.07) is 18.3. The summed E-state index contributed by atoms with van der Waals surface area (Å²) in [5, 5.41) is 7.05. The highest BCUT2D eigenvalue weighted by atomic mass is 32.5. The van der Waals surface area contributed by atoms with E-state index in [-0.39, 0.29) is 15.5 Å². The van der Waals surface area contributed by atoms with Gasteiger partial charge in [0, 0.05) is 18.4 Å². The first-order chi connectivity index (χ1) is 14.6. The van der Waals surface area contributed by atoms with Crippen LogP contribution in [0.3, 0.4) is 0 Å². The Morgan fingerprint density at radius 2 is 1.16 bits per heavy atom. The standard InChI is InChI=1S/C27H47N2P3/c1-12-31(25(2,3)4,23-17-13-21(28)14-18-23)30-32(26(5,6)7,27(8,9)10)24-19-15-22(29-11)16-20-24/h13-20,29-30H,12,28H2,1-11H3/q+2. The minimum Gasteiger partial charge on any atom is -0.399 e. The van der Waals surface area contributed by atoms with Crippen LogP contribution in [0, 0.1) is 0 Å². The van der Waals surface area contributed by atoms with Crippen LogP contribution < -0.4 is 21.7 Å². The highest BCUT2D eigenvalue weighted by molar-refractivity contribution is 8.66. The molecule has 0 fully saturated rings. The van der Waals surface area contributed by atoms with Gasteiger partial charge in [-0.15, -0.1) is 0 Å². The third-order valence-electron chi connectivity index (χ3n) is 6.83. The summed E-state index contributed by atoms with van der Waals surface area (Å²) in [5.74, 6) is 0. The van der Waals surface area contributed by atoms with Crippen LogP contribution >= 0.6 is 21.9 Å². The van der Waals surface area contributed by atoms with Gasteiger partial charge in [0.1, 0.15) is 24.5 Å². The molecule has 2 rings (SSSR count). The number of hydrogen-bond donors (Lipinski definition) is 2. The van der Waals surface area contributed by atoms with Gasteiger partial charge >= 0.3 is 0 Å². The van der Waals surface area contributed by atoms with Crippen molar-refractivity contribution in [1.82, 2.24) is 0 Å². The lowest BCUT2D eigenvalue weighted by atomic mass is 10.2. The van der Waals surface area contributed by atoms with E-state index in [0.717, 1.165) is 13.6 Å². The minimum atomic E-state index is -1.64. The third kappa shape index (κ3) is 4.90. The molecule has 32 heavy (non-hydrogen) atoms. The van der Waals surface area contributed by atoms with Crippen molar-refractivity contribution in [2.24, 2.45) is 0 Å². The fourth-order valence-electron chi connectivity index (χ4n) is 5.30. The van der Waals surface area contributed by atoms with E-state index in [9.17, 15) is 0 Å². The summed E-state index contributed by atoms with van der Waals surface area (Å²) in [4.78, 5) is 0. The van der Waals surface area contributed by atoms with Gasteiger partial charge in [-0.1, -0.05) is 0 Å². The maximum atomic E-state index is 6.12. The van der Waals surface area contributed by atoms with E-state index in [1.54, 1.807) is 10.6 Å². The predicted molar refractivity (Wildman–Crippen MR) is 158 cm³/mol. The van der Waals surface area contributed by atoms with Gasteiger partial charge in [0.25, 0.3) is 0 Å². The number of rotatable bonds is 6. The average Bonchev–Trinajstić information content (AvgIpc) is 2.67. The molecule has 5 heteroatoms. The number of nitrogens with one attached hydrogen (secondary N) is 1. The van der Waals surface area contributed by atoms with E-state index in [1.807, 2.05) is 7.05 Å². The second kappa shape index (κ2) is 9.53. The molecule has 0 radical (unpaired) electrons. The van der Waals surface area contributed by atoms with Crippen LogP contribution in [-0.2, 0) is 0 Å². The van der Waals surface area contributed by atoms with Crippen LogP contribution in [0.15, 0.2) is 48.5 Å². The zero-order chi connectivity index (χ0) is 24.6. The Morgan fingerprint density at radius 1 is 0.719 bits per heavy atom. The normalized spacial score (nSPS) is 15.7. The third-order valence-corrected chi connectivity index (χ3v) is 33.2. The molecule has 2 aromatic rings. The number of hydrogen-bond acceptors (Lipinski definition) is 2. The van der Waals surface area contributed by atoms with Crippen molar-refractivity contribution >= 4 is 43.8 Å². The van der Waals surface area contributed by atoms with Crippen molar-refractivity contribution in [3.63, 3.8) is 0 Å². The number of anilines is 2. The molecule has 0 saturated carbocycles. The molecular formula is C27H47N2P3+2. The number of nitrogen functional groups attached to an aromatic ring is 1. The molecule has 3 N–H and O–H groups in total. The predicted octanol–water partition coefficient (Wildman–Crippen LogP) is 8.22. The van der Waals surface area contributed by atoms with Crippen molar-refractivity contribution in [1.29, 1.82) is 0 Å². The molecule has 2 unspecified atom stereocenters. The molecule has 178 valence electrons. The van der Waals surface area contributed by atoms with Gasteiger partial charge in [0.05, 0.1) is 21.6 Å². The second-order valence-corrected chi connectivity index (χ2v) is 27.4.